The van der Waals surface area contributed by atoms with Crippen LogP contribution in [0.25, 0.3) is 65.4 Å². The summed E-state index contributed by atoms with van der Waals surface area (Å²) >= 11 is 0. The van der Waals surface area contributed by atoms with Crippen molar-refractivity contribution >= 4 is 99.5 Å². The summed E-state index contributed by atoms with van der Waals surface area (Å²) < 4.78 is 13.9. The van der Waals surface area contributed by atoms with Gasteiger partial charge in [0, 0.05) is 50.3 Å². The predicted molar refractivity (Wildman–Crippen MR) is 273 cm³/mol. The molecule has 9 aromatic carbocycles. The Labute approximate surface area is 375 Å². The summed E-state index contributed by atoms with van der Waals surface area (Å²) in [5, 5.41) is 8.94. The van der Waals surface area contributed by atoms with Crippen molar-refractivity contribution in [1.29, 1.82) is 0 Å². The van der Waals surface area contributed by atoms with Gasteiger partial charge in [-0.05, 0) is 197 Å². The van der Waals surface area contributed by atoms with Crippen molar-refractivity contribution in [2.24, 2.45) is 0 Å². The number of rotatable bonds is 6. The van der Waals surface area contributed by atoms with Crippen LogP contribution in [0.4, 0.5) is 34.1 Å². The van der Waals surface area contributed by atoms with Crippen molar-refractivity contribution < 1.29 is 8.83 Å². The molecule has 4 nitrogen and oxygen atoms in total. The van der Waals surface area contributed by atoms with E-state index in [1.165, 1.54) is 78.2 Å². The fourth-order valence-electron chi connectivity index (χ4n) is 10.4. The lowest BCUT2D eigenvalue weighted by molar-refractivity contribution is 0.660. The summed E-state index contributed by atoms with van der Waals surface area (Å²) in [6, 6.07) is 49.6. The highest BCUT2D eigenvalue weighted by atomic mass is 16.3. The second-order valence-electron chi connectivity index (χ2n) is 18.5. The van der Waals surface area contributed by atoms with Gasteiger partial charge in [-0.25, -0.2) is 0 Å². The van der Waals surface area contributed by atoms with E-state index in [0.29, 0.717) is 0 Å². The normalized spacial score (nSPS) is 11.9. The highest BCUT2D eigenvalue weighted by Gasteiger charge is 2.24. The van der Waals surface area contributed by atoms with Crippen LogP contribution in [0.2, 0.25) is 0 Å². The summed E-state index contributed by atoms with van der Waals surface area (Å²) in [5.41, 5.74) is 22.7. The molecule has 11 rings (SSSR count). The smallest absolute Gasteiger partial charge is 0.147 e. The summed E-state index contributed by atoms with van der Waals surface area (Å²) in [5.74, 6) is 0. The van der Waals surface area contributed by atoms with Crippen LogP contribution in [0.1, 0.15) is 55.6 Å². The van der Waals surface area contributed by atoms with E-state index >= 15 is 0 Å². The van der Waals surface area contributed by atoms with Crippen LogP contribution in [0.5, 0.6) is 0 Å². The average Bonchev–Trinajstić information content (AvgIpc) is 3.82. The van der Waals surface area contributed by atoms with Crippen molar-refractivity contribution in [2.75, 3.05) is 9.80 Å². The molecule has 0 atom stereocenters. The molecule has 4 heteroatoms. The van der Waals surface area contributed by atoms with Crippen molar-refractivity contribution in [3.63, 3.8) is 0 Å². The molecule has 0 aliphatic carbocycles. The van der Waals surface area contributed by atoms with Crippen LogP contribution >= 0.6 is 0 Å². The topological polar surface area (TPSA) is 32.8 Å². The molecule has 0 aliphatic rings. The van der Waals surface area contributed by atoms with E-state index in [-0.39, 0.29) is 0 Å². The minimum absolute atomic E-state index is 0.854. The fourth-order valence-corrected chi connectivity index (χ4v) is 10.4. The molecule has 0 fully saturated rings. The van der Waals surface area contributed by atoms with E-state index in [1.54, 1.807) is 0 Å². The summed E-state index contributed by atoms with van der Waals surface area (Å²) in [4.78, 5) is 4.80. The van der Waals surface area contributed by atoms with Gasteiger partial charge in [0.2, 0.25) is 0 Å². The SMILES string of the molecule is Cc1ccc(N(c2ccc3cc4c(cc3c2)oc2c4c(C)c(C)c3oc4cc5cc(N(c6ccc(C)cc6C)c6ccc(C)cc6C)ccc5cc4c32)c2ccc(C)cc2C)c(C)c1. The van der Waals surface area contributed by atoms with Crippen LogP contribution in [-0.4, -0.2) is 0 Å². The molecular weight excluding hydrogens is 781 g/mol. The second-order valence-corrected chi connectivity index (χ2v) is 18.5. The Morgan fingerprint density at radius 2 is 0.688 bits per heavy atom. The molecule has 0 aliphatic heterocycles. The number of benzene rings is 9. The van der Waals surface area contributed by atoms with Crippen molar-refractivity contribution in [3.8, 4) is 0 Å². The zero-order chi connectivity index (χ0) is 44.3. The minimum atomic E-state index is 0.854. The first-order valence-electron chi connectivity index (χ1n) is 22.4. The zero-order valence-corrected chi connectivity index (χ0v) is 38.4. The first-order valence-corrected chi connectivity index (χ1v) is 22.4. The van der Waals surface area contributed by atoms with Gasteiger partial charge in [-0.3, -0.25) is 0 Å². The monoisotopic (exact) mass is 832 g/mol. The molecule has 0 spiro atoms. The zero-order valence-electron chi connectivity index (χ0n) is 38.4. The van der Waals surface area contributed by atoms with Crippen LogP contribution in [0, 0.1) is 69.2 Å². The summed E-state index contributed by atoms with van der Waals surface area (Å²) in [6.45, 7) is 21.8. The molecule has 0 bridgehead atoms. The lowest BCUT2D eigenvalue weighted by Gasteiger charge is -2.29. The molecule has 2 heterocycles. The minimum Gasteiger partial charge on any atom is -0.456 e. The van der Waals surface area contributed by atoms with Crippen molar-refractivity contribution in [3.05, 3.63) is 189 Å². The third kappa shape index (κ3) is 6.26. The van der Waals surface area contributed by atoms with Gasteiger partial charge in [-0.1, -0.05) is 82.9 Å². The molecule has 0 saturated carbocycles. The van der Waals surface area contributed by atoms with E-state index in [1.807, 2.05) is 0 Å². The average molecular weight is 833 g/mol. The number of aryl methyl sites for hydroxylation is 10. The second kappa shape index (κ2) is 14.6. The van der Waals surface area contributed by atoms with Crippen LogP contribution in [0.15, 0.2) is 142 Å². The van der Waals surface area contributed by atoms with Crippen LogP contribution in [-0.2, 0) is 0 Å². The van der Waals surface area contributed by atoms with Gasteiger partial charge in [0.05, 0.1) is 5.39 Å². The first kappa shape index (κ1) is 39.5. The van der Waals surface area contributed by atoms with Gasteiger partial charge < -0.3 is 18.6 Å². The number of hydrogen-bond acceptors (Lipinski definition) is 4. The third-order valence-corrected chi connectivity index (χ3v) is 13.7. The van der Waals surface area contributed by atoms with E-state index in [4.69, 9.17) is 8.83 Å². The Bertz CT molecular complexity index is 3650. The van der Waals surface area contributed by atoms with Crippen LogP contribution < -0.4 is 9.80 Å². The summed E-state index contributed by atoms with van der Waals surface area (Å²) in [7, 11) is 0. The highest BCUT2D eigenvalue weighted by molar-refractivity contribution is 6.26. The maximum atomic E-state index is 7.03. The standard InChI is InChI=1S/C60H52N2O2/c1-33-11-19-51(37(5)23-33)61(52-20-12-34(2)24-38(52)6)47-17-15-43-29-49-55(31-45(43)27-47)64-60-57(49)41(9)42(10)59-58(60)50-30-44-16-18-48(28-46(44)32-56(50)63-59)62(53-21-13-35(3)25-39(53)7)54-22-14-36(4)26-40(54)8/h11-32H,1-10H3. The Hall–Kier alpha value is -7.30. The molecule has 64 heavy (non-hydrogen) atoms. The number of furan rings is 2. The molecule has 0 N–H and O–H groups in total. The molecule has 2 aromatic heterocycles. The van der Waals surface area contributed by atoms with Gasteiger partial charge >= 0.3 is 0 Å². The number of hydrogen-bond donors (Lipinski definition) is 0. The van der Waals surface area contributed by atoms with Crippen molar-refractivity contribution in [2.45, 2.75) is 69.2 Å². The lowest BCUT2D eigenvalue weighted by Crippen LogP contribution is -2.13. The highest BCUT2D eigenvalue weighted by Crippen LogP contribution is 2.47. The summed E-state index contributed by atoms with van der Waals surface area (Å²) in [6.07, 6.45) is 0. The number of anilines is 6. The van der Waals surface area contributed by atoms with E-state index in [9.17, 15) is 0 Å². The molecule has 11 aromatic rings. The van der Waals surface area contributed by atoms with Gasteiger partial charge in [0.15, 0.2) is 0 Å². The predicted octanol–water partition coefficient (Wildman–Crippen LogP) is 17.8. The molecular formula is C60H52N2O2. The largest absolute Gasteiger partial charge is 0.456 e. The molecule has 0 saturated heterocycles. The third-order valence-electron chi connectivity index (χ3n) is 13.7. The van der Waals surface area contributed by atoms with E-state index < -0.39 is 0 Å². The van der Waals surface area contributed by atoms with Crippen molar-refractivity contribution in [1.82, 2.24) is 0 Å². The Morgan fingerprint density at radius 1 is 0.312 bits per heavy atom. The van der Waals surface area contributed by atoms with Gasteiger partial charge in [-0.2, -0.15) is 0 Å². The Balaban J connectivity index is 1.08. The Morgan fingerprint density at radius 3 is 1.08 bits per heavy atom. The van der Waals surface area contributed by atoms with E-state index in [2.05, 4.69) is 212 Å². The Kier molecular flexibility index (Phi) is 9.04. The van der Waals surface area contributed by atoms with Crippen LogP contribution in [0.3, 0.4) is 0 Å². The number of fused-ring (bicyclic) bond motifs is 9. The van der Waals surface area contributed by atoms with Gasteiger partial charge in [0.25, 0.3) is 0 Å². The lowest BCUT2D eigenvalue weighted by atomic mass is 9.96. The molecule has 314 valence electrons. The first-order chi connectivity index (χ1) is 30.8. The molecule has 0 amide bonds. The quantitative estimate of drug-likeness (QED) is 0.167. The van der Waals surface area contributed by atoms with Gasteiger partial charge in [0.1, 0.15) is 22.3 Å². The van der Waals surface area contributed by atoms with Gasteiger partial charge in [-0.15, -0.1) is 0 Å². The maximum Gasteiger partial charge on any atom is 0.147 e. The molecule has 0 radical (unpaired) electrons. The molecule has 0 unspecified atom stereocenters. The maximum absolute atomic E-state index is 7.03. The number of nitrogens with zero attached hydrogens (tertiary/aromatic N) is 2. The fraction of sp³-hybridized carbons (Fsp3) is 0.167. The van der Waals surface area contributed by atoms with E-state index in [0.717, 1.165) is 77.0 Å².